The smallest absolute Gasteiger partial charge is 0.321 e. The van der Waals surface area contributed by atoms with Gasteiger partial charge in [0.05, 0.1) is 0 Å². The summed E-state index contributed by atoms with van der Waals surface area (Å²) < 4.78 is 5.26. The fourth-order valence-electron chi connectivity index (χ4n) is 0.993. The summed E-state index contributed by atoms with van der Waals surface area (Å²) in [4.78, 5) is 4.07. The number of hydrogen-bond donors (Lipinski definition) is 1. The molecular weight excluding hydrogens is 180 g/mol. The van der Waals surface area contributed by atoms with Gasteiger partial charge in [-0.2, -0.15) is 0 Å². The third kappa shape index (κ3) is 1.87. The van der Waals surface area contributed by atoms with Gasteiger partial charge in [-0.05, 0) is 12.1 Å². The molecule has 72 valence electrons. The number of pyridine rings is 1. The number of nitrogens with one attached hydrogen (secondary N) is 1. The van der Waals surface area contributed by atoms with Gasteiger partial charge in [0.1, 0.15) is 5.82 Å². The van der Waals surface area contributed by atoms with E-state index >= 15 is 0 Å². The summed E-state index contributed by atoms with van der Waals surface area (Å²) in [6, 6.07) is 5.93. The van der Waals surface area contributed by atoms with Crippen molar-refractivity contribution < 1.29 is 4.42 Å². The molecule has 0 aliphatic rings. The molecule has 2 rings (SSSR count). The Morgan fingerprint density at radius 2 is 2.29 bits per heavy atom. The molecule has 2 heterocycles. The van der Waals surface area contributed by atoms with E-state index in [1.165, 1.54) is 0 Å². The average Bonchev–Trinajstić information content (AvgIpc) is 2.67. The maximum atomic E-state index is 5.26. The molecule has 0 aromatic carbocycles. The van der Waals surface area contributed by atoms with Gasteiger partial charge in [-0.1, -0.05) is 18.1 Å². The summed E-state index contributed by atoms with van der Waals surface area (Å²) in [7, 11) is 0. The second-order valence-electron chi connectivity index (χ2n) is 2.69. The van der Waals surface area contributed by atoms with Gasteiger partial charge in [0.2, 0.25) is 5.89 Å². The highest BCUT2D eigenvalue weighted by molar-refractivity contribution is 5.44. The molecule has 1 N–H and O–H groups in total. The molecule has 2 aromatic rings. The second-order valence-corrected chi connectivity index (χ2v) is 2.69. The Bertz CT molecular complexity index is 398. The number of aryl methyl sites for hydroxylation is 1. The molecule has 14 heavy (non-hydrogen) atoms. The Labute approximate surface area is 81.2 Å². The second kappa shape index (κ2) is 3.87. The van der Waals surface area contributed by atoms with Crippen molar-refractivity contribution in [3.63, 3.8) is 0 Å². The molecule has 0 radical (unpaired) electrons. The quantitative estimate of drug-likeness (QED) is 0.799. The van der Waals surface area contributed by atoms with Crippen LogP contribution >= 0.6 is 0 Å². The lowest BCUT2D eigenvalue weighted by molar-refractivity contribution is 0.515. The van der Waals surface area contributed by atoms with E-state index in [0.717, 1.165) is 6.42 Å². The molecule has 0 amide bonds. The van der Waals surface area contributed by atoms with E-state index in [4.69, 9.17) is 4.42 Å². The van der Waals surface area contributed by atoms with E-state index in [0.29, 0.717) is 17.7 Å². The highest BCUT2D eigenvalue weighted by atomic mass is 16.4. The Morgan fingerprint density at radius 1 is 1.36 bits per heavy atom. The Hall–Kier alpha value is -1.91. The largest absolute Gasteiger partial charge is 0.408 e. The van der Waals surface area contributed by atoms with Gasteiger partial charge >= 0.3 is 6.01 Å². The van der Waals surface area contributed by atoms with Gasteiger partial charge < -0.3 is 4.42 Å². The SMILES string of the molecule is CCc1nnc(Nc2ccccn2)o1. The van der Waals surface area contributed by atoms with Crippen LogP contribution in [-0.2, 0) is 6.42 Å². The predicted molar refractivity (Wildman–Crippen MR) is 51.2 cm³/mol. The van der Waals surface area contributed by atoms with E-state index in [-0.39, 0.29) is 0 Å². The molecular formula is C9H10N4O. The zero-order valence-corrected chi connectivity index (χ0v) is 7.77. The first-order chi connectivity index (χ1) is 6.88. The van der Waals surface area contributed by atoms with E-state index in [2.05, 4.69) is 20.5 Å². The molecule has 0 saturated heterocycles. The summed E-state index contributed by atoms with van der Waals surface area (Å²) in [6.07, 6.45) is 2.43. The van der Waals surface area contributed by atoms with Crippen molar-refractivity contribution in [1.29, 1.82) is 0 Å². The molecule has 0 aliphatic heterocycles. The average molecular weight is 190 g/mol. The minimum absolute atomic E-state index is 0.376. The van der Waals surface area contributed by atoms with Crippen molar-refractivity contribution in [1.82, 2.24) is 15.2 Å². The van der Waals surface area contributed by atoms with Gasteiger partial charge in [0.25, 0.3) is 0 Å². The van der Waals surface area contributed by atoms with Crippen LogP contribution in [-0.4, -0.2) is 15.2 Å². The zero-order chi connectivity index (χ0) is 9.80. The predicted octanol–water partition coefficient (Wildman–Crippen LogP) is 1.77. The first-order valence-corrected chi connectivity index (χ1v) is 4.39. The van der Waals surface area contributed by atoms with Gasteiger partial charge in [-0.3, -0.25) is 5.32 Å². The van der Waals surface area contributed by atoms with Crippen LogP contribution in [0.5, 0.6) is 0 Å². The lowest BCUT2D eigenvalue weighted by Crippen LogP contribution is -1.92. The van der Waals surface area contributed by atoms with Crippen LogP contribution < -0.4 is 5.32 Å². The molecule has 0 unspecified atom stereocenters. The van der Waals surface area contributed by atoms with Gasteiger partial charge in [0.15, 0.2) is 0 Å². The highest BCUT2D eigenvalue weighted by Gasteiger charge is 2.03. The van der Waals surface area contributed by atoms with Crippen LogP contribution in [0.15, 0.2) is 28.8 Å². The maximum Gasteiger partial charge on any atom is 0.321 e. The normalized spacial score (nSPS) is 10.1. The molecule has 0 saturated carbocycles. The van der Waals surface area contributed by atoms with E-state index in [1.807, 2.05) is 25.1 Å². The van der Waals surface area contributed by atoms with Crippen LogP contribution in [0.1, 0.15) is 12.8 Å². The Morgan fingerprint density at radius 3 is 2.93 bits per heavy atom. The van der Waals surface area contributed by atoms with Crippen molar-refractivity contribution in [2.24, 2.45) is 0 Å². The Kier molecular flexibility index (Phi) is 2.40. The molecule has 5 heteroatoms. The minimum Gasteiger partial charge on any atom is -0.408 e. The third-order valence-corrected chi connectivity index (χ3v) is 1.67. The maximum absolute atomic E-state index is 5.26. The number of anilines is 2. The monoisotopic (exact) mass is 190 g/mol. The number of rotatable bonds is 3. The first kappa shape index (κ1) is 8.68. The number of nitrogens with zero attached hydrogens (tertiary/aromatic N) is 3. The van der Waals surface area contributed by atoms with Crippen molar-refractivity contribution >= 4 is 11.8 Å². The van der Waals surface area contributed by atoms with Gasteiger partial charge in [-0.15, -0.1) is 5.10 Å². The molecule has 0 atom stereocenters. The fraction of sp³-hybridized carbons (Fsp3) is 0.222. The number of hydrogen-bond acceptors (Lipinski definition) is 5. The fourth-order valence-corrected chi connectivity index (χ4v) is 0.993. The standard InChI is InChI=1S/C9H10N4O/c1-2-8-12-13-9(14-8)11-7-5-3-4-6-10-7/h3-6H,2H2,1H3,(H,10,11,13). The molecule has 0 fully saturated rings. The summed E-state index contributed by atoms with van der Waals surface area (Å²) in [5.74, 6) is 1.31. The van der Waals surface area contributed by atoms with Crippen LogP contribution in [0.25, 0.3) is 0 Å². The van der Waals surface area contributed by atoms with Crippen LogP contribution in [0.2, 0.25) is 0 Å². The van der Waals surface area contributed by atoms with Crippen molar-refractivity contribution in [3.05, 3.63) is 30.3 Å². The van der Waals surface area contributed by atoms with Gasteiger partial charge in [-0.25, -0.2) is 4.98 Å². The Balaban J connectivity index is 2.11. The minimum atomic E-state index is 0.376. The molecule has 0 bridgehead atoms. The summed E-state index contributed by atoms with van der Waals surface area (Å²) >= 11 is 0. The van der Waals surface area contributed by atoms with Crippen LogP contribution in [0.4, 0.5) is 11.8 Å². The molecule has 0 aliphatic carbocycles. The lowest BCUT2D eigenvalue weighted by atomic mass is 10.5. The van der Waals surface area contributed by atoms with Crippen molar-refractivity contribution in [2.45, 2.75) is 13.3 Å². The topological polar surface area (TPSA) is 63.8 Å². The zero-order valence-electron chi connectivity index (χ0n) is 7.77. The summed E-state index contributed by atoms with van der Waals surface area (Å²) in [6.45, 7) is 1.96. The first-order valence-electron chi connectivity index (χ1n) is 4.39. The van der Waals surface area contributed by atoms with E-state index in [1.54, 1.807) is 6.20 Å². The number of aromatic nitrogens is 3. The van der Waals surface area contributed by atoms with E-state index < -0.39 is 0 Å². The lowest BCUT2D eigenvalue weighted by Gasteiger charge is -1.97. The molecule has 5 nitrogen and oxygen atoms in total. The van der Waals surface area contributed by atoms with Gasteiger partial charge in [0, 0.05) is 12.6 Å². The van der Waals surface area contributed by atoms with Crippen molar-refractivity contribution in [2.75, 3.05) is 5.32 Å². The van der Waals surface area contributed by atoms with Crippen LogP contribution in [0.3, 0.4) is 0 Å². The van der Waals surface area contributed by atoms with Crippen molar-refractivity contribution in [3.8, 4) is 0 Å². The molecule has 2 aromatic heterocycles. The molecule has 0 spiro atoms. The summed E-state index contributed by atoms with van der Waals surface area (Å²) in [5.41, 5.74) is 0. The third-order valence-electron chi connectivity index (χ3n) is 1.67. The van der Waals surface area contributed by atoms with E-state index in [9.17, 15) is 0 Å². The highest BCUT2D eigenvalue weighted by Crippen LogP contribution is 2.11. The van der Waals surface area contributed by atoms with Crippen LogP contribution in [0, 0.1) is 0 Å². The summed E-state index contributed by atoms with van der Waals surface area (Å²) in [5, 5.41) is 10.5.